The Morgan fingerprint density at radius 2 is 1.71 bits per heavy atom. The topological polar surface area (TPSA) is 160 Å². The summed E-state index contributed by atoms with van der Waals surface area (Å²) in [6.07, 6.45) is 2.91. The van der Waals surface area contributed by atoms with E-state index in [1.165, 1.54) is 11.1 Å². The van der Waals surface area contributed by atoms with Crippen molar-refractivity contribution < 1.29 is 28.0 Å². The van der Waals surface area contributed by atoms with Crippen molar-refractivity contribution in [3.05, 3.63) is 77.3 Å². The maximum atomic E-state index is 16.6. The zero-order valence-corrected chi connectivity index (χ0v) is 31.8. The van der Waals surface area contributed by atoms with Crippen LogP contribution in [0.4, 0.5) is 4.11 Å². The molecule has 2 aromatic carbocycles. The Labute approximate surface area is 306 Å². The Morgan fingerprint density at radius 3 is 2.37 bits per heavy atom. The SMILES string of the molecule is [C-]#[N+][C@@H]1CCCN1C(=O)CNC(=O)c1ccnc2ccc(OCCCNC(=O)[C@H](N)CNC(=O)c3ccc([Si](F)(C(C)(C)C)C(C)(C)C)cc3)cc12. The predicted molar refractivity (Wildman–Crippen MR) is 201 cm³/mol. The van der Waals surface area contributed by atoms with Crippen LogP contribution in [-0.4, -0.2) is 86.9 Å². The summed E-state index contributed by atoms with van der Waals surface area (Å²) in [7, 11) is -3.45. The van der Waals surface area contributed by atoms with Gasteiger partial charge in [-0.15, -0.1) is 0 Å². The van der Waals surface area contributed by atoms with Gasteiger partial charge in [-0.3, -0.25) is 33.9 Å². The molecule has 1 aliphatic heterocycles. The molecule has 4 rings (SSSR count). The number of nitrogens with one attached hydrogen (secondary N) is 3. The lowest BCUT2D eigenvalue weighted by Crippen LogP contribution is -2.57. The molecule has 0 aliphatic carbocycles. The summed E-state index contributed by atoms with van der Waals surface area (Å²) in [5.41, 5.74) is 7.29. The zero-order chi connectivity index (χ0) is 38.3. The van der Waals surface area contributed by atoms with Crippen LogP contribution >= 0.6 is 0 Å². The fourth-order valence-electron chi connectivity index (χ4n) is 6.78. The Balaban J connectivity index is 1.22. The Hall–Kier alpha value is -4.87. The molecule has 4 amide bonds. The number of nitrogens with zero attached hydrogens (tertiary/aromatic N) is 3. The number of ether oxygens (including phenoxy) is 1. The lowest BCUT2D eigenvalue weighted by molar-refractivity contribution is -0.130. The smallest absolute Gasteiger partial charge is 0.300 e. The van der Waals surface area contributed by atoms with E-state index in [2.05, 4.69) is 25.8 Å². The molecule has 0 spiro atoms. The number of hydrogen-bond acceptors (Lipinski definition) is 7. The van der Waals surface area contributed by atoms with Gasteiger partial charge in [0.05, 0.1) is 24.2 Å². The van der Waals surface area contributed by atoms with Crippen LogP contribution in [0, 0.1) is 6.57 Å². The van der Waals surface area contributed by atoms with Crippen molar-refractivity contribution in [2.45, 2.75) is 83.1 Å². The van der Waals surface area contributed by atoms with Crippen molar-refractivity contribution >= 4 is 48.1 Å². The van der Waals surface area contributed by atoms with Crippen molar-refractivity contribution in [2.24, 2.45) is 5.73 Å². The van der Waals surface area contributed by atoms with Crippen LogP contribution in [0.1, 0.15) is 81.5 Å². The van der Waals surface area contributed by atoms with Crippen LogP contribution in [0.5, 0.6) is 5.75 Å². The van der Waals surface area contributed by atoms with Crippen LogP contribution in [0.2, 0.25) is 10.1 Å². The standard InChI is InChI=1S/C38H50FN7O5Si/c1-37(2,3)52(39,38(4,5)6)27-14-11-25(12-15-27)34(48)44-23-30(40)36(50)43-18-9-21-51-26-13-16-31-29(22-26)28(17-19-42-31)35(49)45-24-33(47)46-20-8-10-32(46)41-7/h11-17,19,22,30,32H,8-10,18,20-21,23-24,40H2,1-6H3,(H,43,50)(H,44,48)(H,45,49)/t30-,32+/m1/s1. The number of hydrogen-bond donors (Lipinski definition) is 4. The van der Waals surface area contributed by atoms with Gasteiger partial charge >= 0.3 is 6.17 Å². The second-order valence-electron chi connectivity index (χ2n) is 15.1. The average Bonchev–Trinajstić information content (AvgIpc) is 3.60. The van der Waals surface area contributed by atoms with E-state index < -0.39 is 48.4 Å². The molecule has 1 aliphatic rings. The first-order valence-corrected chi connectivity index (χ1v) is 19.4. The van der Waals surface area contributed by atoms with Gasteiger partial charge in [0.15, 0.2) is 0 Å². The fourth-order valence-corrected chi connectivity index (χ4v) is 11.4. The first-order chi connectivity index (χ1) is 24.5. The van der Waals surface area contributed by atoms with Gasteiger partial charge in [-0.25, -0.2) is 6.57 Å². The highest BCUT2D eigenvalue weighted by atomic mass is 28.4. The van der Waals surface area contributed by atoms with Crippen LogP contribution in [0.15, 0.2) is 54.7 Å². The van der Waals surface area contributed by atoms with Crippen LogP contribution < -0.4 is 31.6 Å². The number of fused-ring (bicyclic) bond motifs is 1. The minimum Gasteiger partial charge on any atom is -0.494 e. The monoisotopic (exact) mass is 731 g/mol. The molecular formula is C38H50FN7O5Si. The molecule has 3 aromatic rings. The normalized spacial score (nSPS) is 15.4. The highest BCUT2D eigenvalue weighted by Gasteiger charge is 2.56. The molecule has 0 radical (unpaired) electrons. The number of rotatable bonds is 13. The van der Waals surface area contributed by atoms with E-state index in [-0.39, 0.29) is 32.1 Å². The van der Waals surface area contributed by atoms with E-state index in [0.29, 0.717) is 52.4 Å². The van der Waals surface area contributed by atoms with Crippen molar-refractivity contribution in [1.82, 2.24) is 25.8 Å². The van der Waals surface area contributed by atoms with Crippen molar-refractivity contribution in [2.75, 3.05) is 32.8 Å². The number of carbonyl (C=O) groups excluding carboxylic acids is 4. The molecule has 1 fully saturated rings. The van der Waals surface area contributed by atoms with Gasteiger partial charge in [-0.1, -0.05) is 53.7 Å². The third kappa shape index (κ3) is 9.13. The number of nitrogens with two attached hydrogens (primary N) is 1. The van der Waals surface area contributed by atoms with Crippen LogP contribution in [-0.2, 0) is 9.59 Å². The molecule has 5 N–H and O–H groups in total. The minimum atomic E-state index is -3.45. The van der Waals surface area contributed by atoms with E-state index in [4.69, 9.17) is 17.0 Å². The summed E-state index contributed by atoms with van der Waals surface area (Å²) in [5.74, 6) is -1.07. The molecule has 12 nitrogen and oxygen atoms in total. The first-order valence-electron chi connectivity index (χ1n) is 17.5. The van der Waals surface area contributed by atoms with Gasteiger partial charge in [0.2, 0.25) is 11.8 Å². The Bertz CT molecular complexity index is 1800. The molecule has 2 heterocycles. The van der Waals surface area contributed by atoms with E-state index in [9.17, 15) is 19.2 Å². The summed E-state index contributed by atoms with van der Waals surface area (Å²) in [6.45, 7) is 19.5. The average molecular weight is 732 g/mol. The number of likely N-dealkylation sites (tertiary alicyclic amines) is 1. The molecule has 52 heavy (non-hydrogen) atoms. The minimum absolute atomic E-state index is 0.0797. The molecule has 0 saturated carbocycles. The van der Waals surface area contributed by atoms with E-state index >= 15 is 4.11 Å². The second-order valence-corrected chi connectivity index (χ2v) is 20.0. The van der Waals surface area contributed by atoms with Gasteiger partial charge in [-0.2, -0.15) is 0 Å². The number of aromatic nitrogens is 1. The third-order valence-corrected chi connectivity index (χ3v) is 14.6. The van der Waals surface area contributed by atoms with Crippen molar-refractivity contribution in [3.63, 3.8) is 0 Å². The van der Waals surface area contributed by atoms with Crippen molar-refractivity contribution in [3.8, 4) is 5.75 Å². The lowest BCUT2D eigenvalue weighted by Gasteiger charge is -2.44. The lowest BCUT2D eigenvalue weighted by atomic mass is 10.1. The largest absolute Gasteiger partial charge is 0.494 e. The first kappa shape index (κ1) is 39.9. The van der Waals surface area contributed by atoms with Crippen molar-refractivity contribution in [1.29, 1.82) is 0 Å². The van der Waals surface area contributed by atoms with Gasteiger partial charge in [0.25, 0.3) is 20.2 Å². The number of halogens is 1. The highest BCUT2D eigenvalue weighted by Crippen LogP contribution is 2.51. The second kappa shape index (κ2) is 16.6. The summed E-state index contributed by atoms with van der Waals surface area (Å²) < 4.78 is 22.5. The quantitative estimate of drug-likeness (QED) is 0.0888. The number of amides is 4. The zero-order valence-electron chi connectivity index (χ0n) is 30.8. The van der Waals surface area contributed by atoms with E-state index in [0.717, 1.165) is 6.42 Å². The molecular weight excluding hydrogens is 682 g/mol. The Kier molecular flexibility index (Phi) is 12.8. The summed E-state index contributed by atoms with van der Waals surface area (Å²) in [4.78, 5) is 60.3. The molecule has 0 unspecified atom stereocenters. The molecule has 0 bridgehead atoms. The maximum Gasteiger partial charge on any atom is 0.300 e. The molecule has 1 saturated heterocycles. The van der Waals surface area contributed by atoms with Gasteiger partial charge in [0.1, 0.15) is 11.8 Å². The summed E-state index contributed by atoms with van der Waals surface area (Å²) >= 11 is 0. The fraction of sp³-hybridized carbons (Fsp3) is 0.474. The molecule has 14 heteroatoms. The number of benzene rings is 2. The number of carbonyl (C=O) groups is 4. The highest BCUT2D eigenvalue weighted by molar-refractivity contribution is 6.90. The molecule has 278 valence electrons. The van der Waals surface area contributed by atoms with Gasteiger partial charge in [-0.05, 0) is 64.5 Å². The Morgan fingerprint density at radius 1 is 1.02 bits per heavy atom. The van der Waals surface area contributed by atoms with Gasteiger partial charge in [0, 0.05) is 43.2 Å². The maximum absolute atomic E-state index is 16.6. The summed E-state index contributed by atoms with van der Waals surface area (Å²) in [5, 5.41) is 8.20. The van der Waals surface area contributed by atoms with Crippen LogP contribution in [0.3, 0.4) is 0 Å². The van der Waals surface area contributed by atoms with Crippen LogP contribution in [0.25, 0.3) is 15.7 Å². The third-order valence-electron chi connectivity index (χ3n) is 9.37. The van der Waals surface area contributed by atoms with E-state index in [1.54, 1.807) is 48.5 Å². The number of pyridine rings is 1. The van der Waals surface area contributed by atoms with Gasteiger partial charge < -0.3 is 30.5 Å². The molecule has 1 aromatic heterocycles. The predicted octanol–water partition coefficient (Wildman–Crippen LogP) is 4.20. The molecule has 2 atom stereocenters. The van der Waals surface area contributed by atoms with E-state index in [1.807, 2.05) is 41.5 Å². The summed E-state index contributed by atoms with van der Waals surface area (Å²) in [6, 6.07) is 12.4.